The standard InChI is InChI=1S/C12H14ClFN4O/c13-12-15-5-9-10(17-12)18(7-3-1-2-4-7)6-8(14)11(19)16-9/h5,7-8H,1-4,6H2,(H,16,19)/t8-/m0/s1. The molecule has 1 amide bonds. The number of hydrogen-bond acceptors (Lipinski definition) is 4. The zero-order valence-electron chi connectivity index (χ0n) is 10.3. The third-order valence-electron chi connectivity index (χ3n) is 3.68. The summed E-state index contributed by atoms with van der Waals surface area (Å²) in [6.45, 7) is 0.0246. The predicted octanol–water partition coefficient (Wildman–Crippen LogP) is 2.17. The highest BCUT2D eigenvalue weighted by Gasteiger charge is 2.34. The molecular formula is C12H14ClFN4O. The second-order valence-electron chi connectivity index (χ2n) is 4.92. The van der Waals surface area contributed by atoms with Gasteiger partial charge in [0, 0.05) is 6.04 Å². The minimum atomic E-state index is -1.56. The topological polar surface area (TPSA) is 58.1 Å². The molecule has 1 saturated carbocycles. The van der Waals surface area contributed by atoms with Crippen LogP contribution in [-0.2, 0) is 4.79 Å². The Morgan fingerprint density at radius 1 is 1.42 bits per heavy atom. The number of carbonyl (C=O) groups is 1. The van der Waals surface area contributed by atoms with Crippen LogP contribution in [0.15, 0.2) is 6.20 Å². The Morgan fingerprint density at radius 3 is 2.89 bits per heavy atom. The molecule has 1 aliphatic heterocycles. The van der Waals surface area contributed by atoms with Crippen molar-refractivity contribution in [1.82, 2.24) is 9.97 Å². The molecule has 1 atom stereocenters. The fraction of sp³-hybridized carbons (Fsp3) is 0.583. The van der Waals surface area contributed by atoms with Gasteiger partial charge in [-0.05, 0) is 24.4 Å². The number of carbonyl (C=O) groups excluding carboxylic acids is 1. The number of anilines is 2. The van der Waals surface area contributed by atoms with Crippen molar-refractivity contribution in [2.75, 3.05) is 16.8 Å². The van der Waals surface area contributed by atoms with E-state index in [1.54, 1.807) is 0 Å². The third kappa shape index (κ3) is 2.36. The molecule has 0 unspecified atom stereocenters. The van der Waals surface area contributed by atoms with Crippen LogP contribution in [0.3, 0.4) is 0 Å². The average molecular weight is 285 g/mol. The lowest BCUT2D eigenvalue weighted by Crippen LogP contribution is -2.40. The third-order valence-corrected chi connectivity index (χ3v) is 3.86. The SMILES string of the molecule is O=C1Nc2cnc(Cl)nc2N(C2CCCC2)C[C@@H]1F. The molecule has 1 aliphatic carbocycles. The summed E-state index contributed by atoms with van der Waals surface area (Å²) in [5.41, 5.74) is 0.432. The molecule has 1 fully saturated rings. The van der Waals surface area contributed by atoms with E-state index in [-0.39, 0.29) is 17.9 Å². The Balaban J connectivity index is 2.02. The molecule has 3 rings (SSSR count). The Morgan fingerprint density at radius 2 is 2.16 bits per heavy atom. The largest absolute Gasteiger partial charge is 0.348 e. The Bertz CT molecular complexity index is 507. The molecule has 2 heterocycles. The molecule has 2 aliphatic rings. The van der Waals surface area contributed by atoms with Crippen molar-refractivity contribution in [1.29, 1.82) is 0 Å². The summed E-state index contributed by atoms with van der Waals surface area (Å²) in [5, 5.41) is 2.62. The second-order valence-corrected chi connectivity index (χ2v) is 5.26. The summed E-state index contributed by atoms with van der Waals surface area (Å²) >= 11 is 5.82. The van der Waals surface area contributed by atoms with E-state index in [9.17, 15) is 9.18 Å². The van der Waals surface area contributed by atoms with Gasteiger partial charge in [0.1, 0.15) is 5.69 Å². The number of fused-ring (bicyclic) bond motifs is 1. The lowest BCUT2D eigenvalue weighted by atomic mass is 10.2. The monoisotopic (exact) mass is 284 g/mol. The first-order chi connectivity index (χ1) is 9.15. The summed E-state index contributed by atoms with van der Waals surface area (Å²) in [6.07, 6.45) is 4.09. The van der Waals surface area contributed by atoms with E-state index in [4.69, 9.17) is 11.6 Å². The number of aromatic nitrogens is 2. The smallest absolute Gasteiger partial charge is 0.260 e. The van der Waals surface area contributed by atoms with Crippen molar-refractivity contribution < 1.29 is 9.18 Å². The highest BCUT2D eigenvalue weighted by atomic mass is 35.5. The van der Waals surface area contributed by atoms with E-state index in [1.807, 2.05) is 4.90 Å². The van der Waals surface area contributed by atoms with Crippen LogP contribution in [0.25, 0.3) is 0 Å². The molecule has 7 heteroatoms. The Kier molecular flexibility index (Phi) is 3.26. The van der Waals surface area contributed by atoms with Crippen LogP contribution >= 0.6 is 11.6 Å². The van der Waals surface area contributed by atoms with E-state index in [0.717, 1.165) is 25.7 Å². The van der Waals surface area contributed by atoms with Gasteiger partial charge >= 0.3 is 0 Å². The summed E-state index contributed by atoms with van der Waals surface area (Å²) in [6, 6.07) is 0.218. The van der Waals surface area contributed by atoms with Gasteiger partial charge in [-0.25, -0.2) is 9.37 Å². The van der Waals surface area contributed by atoms with E-state index in [1.165, 1.54) is 6.20 Å². The Hall–Kier alpha value is -1.43. The number of nitrogens with zero attached hydrogens (tertiary/aromatic N) is 3. The molecule has 1 aromatic heterocycles. The first kappa shape index (κ1) is 12.6. The van der Waals surface area contributed by atoms with E-state index in [0.29, 0.717) is 11.5 Å². The van der Waals surface area contributed by atoms with E-state index < -0.39 is 12.1 Å². The molecule has 5 nitrogen and oxygen atoms in total. The fourth-order valence-corrected chi connectivity index (χ4v) is 2.88. The maximum atomic E-state index is 13.9. The normalized spacial score (nSPS) is 24.0. The number of nitrogens with one attached hydrogen (secondary N) is 1. The zero-order valence-corrected chi connectivity index (χ0v) is 11.0. The summed E-state index contributed by atoms with van der Waals surface area (Å²) in [5.74, 6) is -0.118. The second kappa shape index (κ2) is 4.92. The van der Waals surface area contributed by atoms with E-state index in [2.05, 4.69) is 15.3 Å². The molecule has 0 radical (unpaired) electrons. The first-order valence-electron chi connectivity index (χ1n) is 6.39. The molecule has 19 heavy (non-hydrogen) atoms. The highest BCUT2D eigenvalue weighted by molar-refractivity contribution is 6.28. The van der Waals surface area contributed by atoms with Crippen LogP contribution < -0.4 is 10.2 Å². The molecule has 0 spiro atoms. The number of hydrogen-bond donors (Lipinski definition) is 1. The Labute approximate surface area is 115 Å². The number of alkyl halides is 1. The summed E-state index contributed by atoms with van der Waals surface area (Å²) < 4.78 is 13.9. The molecule has 102 valence electrons. The van der Waals surface area contributed by atoms with Crippen LogP contribution in [0.4, 0.5) is 15.9 Å². The molecular weight excluding hydrogens is 271 g/mol. The molecule has 0 aromatic carbocycles. The fourth-order valence-electron chi connectivity index (χ4n) is 2.75. The minimum Gasteiger partial charge on any atom is -0.348 e. The van der Waals surface area contributed by atoms with Crippen LogP contribution in [0.1, 0.15) is 25.7 Å². The van der Waals surface area contributed by atoms with Gasteiger partial charge in [-0.2, -0.15) is 4.98 Å². The summed E-state index contributed by atoms with van der Waals surface area (Å²) in [4.78, 5) is 21.5. The first-order valence-corrected chi connectivity index (χ1v) is 6.77. The van der Waals surface area contributed by atoms with Crippen molar-refractivity contribution in [2.24, 2.45) is 0 Å². The highest BCUT2D eigenvalue weighted by Crippen LogP contribution is 2.34. The van der Waals surface area contributed by atoms with Gasteiger partial charge < -0.3 is 10.2 Å². The van der Waals surface area contributed by atoms with Crippen molar-refractivity contribution in [3.8, 4) is 0 Å². The zero-order chi connectivity index (χ0) is 13.4. The van der Waals surface area contributed by atoms with Gasteiger partial charge in [-0.3, -0.25) is 4.79 Å². The van der Waals surface area contributed by atoms with E-state index >= 15 is 0 Å². The number of amides is 1. The van der Waals surface area contributed by atoms with Gasteiger partial charge in [0.05, 0.1) is 12.7 Å². The van der Waals surface area contributed by atoms with Crippen molar-refractivity contribution in [3.63, 3.8) is 0 Å². The van der Waals surface area contributed by atoms with Gasteiger partial charge in [-0.15, -0.1) is 0 Å². The van der Waals surface area contributed by atoms with Crippen molar-refractivity contribution in [2.45, 2.75) is 37.9 Å². The van der Waals surface area contributed by atoms with Gasteiger partial charge in [0.25, 0.3) is 5.91 Å². The van der Waals surface area contributed by atoms with Gasteiger partial charge in [-0.1, -0.05) is 12.8 Å². The van der Waals surface area contributed by atoms with Crippen LogP contribution in [0.2, 0.25) is 5.28 Å². The van der Waals surface area contributed by atoms with Crippen LogP contribution in [0, 0.1) is 0 Å². The number of rotatable bonds is 1. The summed E-state index contributed by atoms with van der Waals surface area (Å²) in [7, 11) is 0. The predicted molar refractivity (Wildman–Crippen MR) is 70.2 cm³/mol. The number of halogens is 2. The van der Waals surface area contributed by atoms with Crippen LogP contribution in [-0.4, -0.2) is 34.6 Å². The molecule has 0 saturated heterocycles. The molecule has 0 bridgehead atoms. The van der Waals surface area contributed by atoms with Gasteiger partial charge in [0.15, 0.2) is 12.0 Å². The van der Waals surface area contributed by atoms with Gasteiger partial charge in [0.2, 0.25) is 5.28 Å². The molecule has 1 N–H and O–H groups in total. The maximum Gasteiger partial charge on any atom is 0.260 e. The lowest BCUT2D eigenvalue weighted by Gasteiger charge is -2.29. The van der Waals surface area contributed by atoms with Crippen molar-refractivity contribution in [3.05, 3.63) is 11.5 Å². The maximum absolute atomic E-state index is 13.9. The molecule has 1 aromatic rings. The average Bonchev–Trinajstić information content (AvgIpc) is 2.87. The minimum absolute atomic E-state index is 0.0246. The quantitative estimate of drug-likeness (QED) is 0.803. The van der Waals surface area contributed by atoms with Crippen molar-refractivity contribution >= 4 is 29.0 Å². The van der Waals surface area contributed by atoms with Crippen LogP contribution in [0.5, 0.6) is 0 Å². The lowest BCUT2D eigenvalue weighted by molar-refractivity contribution is -0.120.